The van der Waals surface area contributed by atoms with Crippen LogP contribution in [-0.4, -0.2) is 60.0 Å². The minimum absolute atomic E-state index is 0.0127. The Kier molecular flexibility index (Phi) is 4.55. The Bertz CT molecular complexity index is 811. The average molecular weight is 356 g/mol. The highest BCUT2D eigenvalue weighted by Gasteiger charge is 2.24. The molecule has 7 heteroatoms. The molecule has 3 heterocycles. The molecule has 0 aliphatic carbocycles. The Hall–Kier alpha value is -2.54. The van der Waals surface area contributed by atoms with Crippen LogP contribution in [0.1, 0.15) is 21.7 Å². The van der Waals surface area contributed by atoms with Crippen LogP contribution in [0.3, 0.4) is 0 Å². The van der Waals surface area contributed by atoms with Crippen molar-refractivity contribution < 1.29 is 14.3 Å². The standard InChI is InChI=1S/C19H24N4O3/c1-14-11-17(21(2)20-14)19(24)23-7-10-26-18-4-3-16(12-15(18)13-23)22-5-8-25-9-6-22/h3-4,11-12H,5-10,13H2,1-2H3. The van der Waals surface area contributed by atoms with Crippen molar-refractivity contribution in [2.45, 2.75) is 13.5 Å². The van der Waals surface area contributed by atoms with Crippen LogP contribution in [0.25, 0.3) is 0 Å². The summed E-state index contributed by atoms with van der Waals surface area (Å²) in [4.78, 5) is 17.1. The number of hydrogen-bond donors (Lipinski definition) is 0. The van der Waals surface area contributed by atoms with Gasteiger partial charge in [0.05, 0.1) is 25.5 Å². The van der Waals surface area contributed by atoms with E-state index in [0.717, 1.165) is 49.0 Å². The molecule has 0 saturated carbocycles. The fourth-order valence-corrected chi connectivity index (χ4v) is 3.55. The lowest BCUT2D eigenvalue weighted by Crippen LogP contribution is -2.36. The van der Waals surface area contributed by atoms with Crippen LogP contribution in [0, 0.1) is 6.92 Å². The number of morpholine rings is 1. The summed E-state index contributed by atoms with van der Waals surface area (Å²) < 4.78 is 13.0. The van der Waals surface area contributed by atoms with Gasteiger partial charge < -0.3 is 19.3 Å². The average Bonchev–Trinajstić information content (AvgIpc) is 2.87. The molecule has 0 radical (unpaired) electrons. The van der Waals surface area contributed by atoms with Crippen molar-refractivity contribution in [1.82, 2.24) is 14.7 Å². The van der Waals surface area contributed by atoms with E-state index in [1.54, 1.807) is 11.7 Å². The lowest BCUT2D eigenvalue weighted by atomic mass is 10.1. The Balaban J connectivity index is 1.58. The van der Waals surface area contributed by atoms with E-state index in [0.29, 0.717) is 25.4 Å². The van der Waals surface area contributed by atoms with E-state index in [4.69, 9.17) is 9.47 Å². The van der Waals surface area contributed by atoms with Gasteiger partial charge in [-0.05, 0) is 31.2 Å². The van der Waals surface area contributed by atoms with E-state index in [9.17, 15) is 4.79 Å². The highest BCUT2D eigenvalue weighted by Crippen LogP contribution is 2.29. The molecule has 1 fully saturated rings. The molecule has 1 aromatic heterocycles. The van der Waals surface area contributed by atoms with Crippen molar-refractivity contribution in [2.75, 3.05) is 44.4 Å². The Morgan fingerprint density at radius 3 is 2.65 bits per heavy atom. The second-order valence-corrected chi connectivity index (χ2v) is 6.76. The smallest absolute Gasteiger partial charge is 0.272 e. The first-order chi connectivity index (χ1) is 12.6. The van der Waals surface area contributed by atoms with Gasteiger partial charge in [0.15, 0.2) is 0 Å². The van der Waals surface area contributed by atoms with Crippen LogP contribution in [-0.2, 0) is 18.3 Å². The number of carbonyl (C=O) groups excluding carboxylic acids is 1. The molecule has 0 unspecified atom stereocenters. The Labute approximate surface area is 153 Å². The van der Waals surface area contributed by atoms with Gasteiger partial charge in [-0.25, -0.2) is 0 Å². The summed E-state index contributed by atoms with van der Waals surface area (Å²) in [5.41, 5.74) is 3.65. The summed E-state index contributed by atoms with van der Waals surface area (Å²) in [6.07, 6.45) is 0. The third kappa shape index (κ3) is 3.26. The first-order valence-electron chi connectivity index (χ1n) is 9.00. The molecule has 1 saturated heterocycles. The van der Waals surface area contributed by atoms with Crippen molar-refractivity contribution in [3.05, 3.63) is 41.2 Å². The monoisotopic (exact) mass is 356 g/mol. The Morgan fingerprint density at radius 2 is 1.92 bits per heavy atom. The van der Waals surface area contributed by atoms with Crippen LogP contribution >= 0.6 is 0 Å². The quantitative estimate of drug-likeness (QED) is 0.818. The Morgan fingerprint density at radius 1 is 1.12 bits per heavy atom. The molecule has 4 rings (SSSR count). The number of aromatic nitrogens is 2. The topological polar surface area (TPSA) is 59.8 Å². The summed E-state index contributed by atoms with van der Waals surface area (Å²) in [6.45, 7) is 6.75. The van der Waals surface area contributed by atoms with Crippen molar-refractivity contribution in [1.29, 1.82) is 0 Å². The van der Waals surface area contributed by atoms with E-state index >= 15 is 0 Å². The second-order valence-electron chi connectivity index (χ2n) is 6.76. The number of rotatable bonds is 2. The molecule has 2 aliphatic rings. The fraction of sp³-hybridized carbons (Fsp3) is 0.474. The van der Waals surface area contributed by atoms with Crippen molar-refractivity contribution in [2.24, 2.45) is 7.05 Å². The van der Waals surface area contributed by atoms with Gasteiger partial charge in [0, 0.05) is 37.9 Å². The first-order valence-corrected chi connectivity index (χ1v) is 9.00. The molecule has 7 nitrogen and oxygen atoms in total. The van der Waals surface area contributed by atoms with Crippen molar-refractivity contribution in [3.8, 4) is 5.75 Å². The summed E-state index contributed by atoms with van der Waals surface area (Å²) in [5, 5.41) is 4.29. The van der Waals surface area contributed by atoms with Gasteiger partial charge in [-0.2, -0.15) is 5.10 Å². The summed E-state index contributed by atoms with van der Waals surface area (Å²) in [6, 6.07) is 8.08. The highest BCUT2D eigenvalue weighted by molar-refractivity contribution is 5.92. The van der Waals surface area contributed by atoms with Gasteiger partial charge in [-0.1, -0.05) is 0 Å². The molecule has 1 amide bonds. The number of amides is 1. The number of benzene rings is 1. The predicted molar refractivity (Wildman–Crippen MR) is 97.7 cm³/mol. The van der Waals surface area contributed by atoms with Crippen LogP contribution < -0.4 is 9.64 Å². The minimum Gasteiger partial charge on any atom is -0.491 e. The minimum atomic E-state index is -0.0127. The lowest BCUT2D eigenvalue weighted by Gasteiger charge is -2.29. The molecule has 26 heavy (non-hydrogen) atoms. The van der Waals surface area contributed by atoms with E-state index in [2.05, 4.69) is 22.1 Å². The molecule has 1 aromatic carbocycles. The SMILES string of the molecule is Cc1cc(C(=O)N2CCOc3ccc(N4CCOCC4)cc3C2)n(C)n1. The molecule has 138 valence electrons. The molecule has 0 bridgehead atoms. The van der Waals surface area contributed by atoms with E-state index in [1.165, 1.54) is 0 Å². The zero-order valence-electron chi connectivity index (χ0n) is 15.3. The molecular formula is C19H24N4O3. The summed E-state index contributed by atoms with van der Waals surface area (Å²) in [7, 11) is 1.80. The predicted octanol–water partition coefficient (Wildman–Crippen LogP) is 1.60. The highest BCUT2D eigenvalue weighted by atomic mass is 16.5. The largest absolute Gasteiger partial charge is 0.491 e. The number of hydrogen-bond acceptors (Lipinski definition) is 5. The fourth-order valence-electron chi connectivity index (χ4n) is 3.55. The molecule has 0 atom stereocenters. The van der Waals surface area contributed by atoms with Crippen molar-refractivity contribution in [3.63, 3.8) is 0 Å². The molecule has 2 aliphatic heterocycles. The van der Waals surface area contributed by atoms with Gasteiger partial charge in [0.2, 0.25) is 0 Å². The maximum Gasteiger partial charge on any atom is 0.272 e. The number of ether oxygens (including phenoxy) is 2. The number of aryl methyl sites for hydroxylation is 2. The summed E-state index contributed by atoms with van der Waals surface area (Å²) in [5.74, 6) is 0.847. The van der Waals surface area contributed by atoms with Gasteiger partial charge in [-0.15, -0.1) is 0 Å². The lowest BCUT2D eigenvalue weighted by molar-refractivity contribution is 0.0722. The van der Waals surface area contributed by atoms with Gasteiger partial charge in [0.1, 0.15) is 18.1 Å². The third-order valence-electron chi connectivity index (χ3n) is 4.91. The van der Waals surface area contributed by atoms with E-state index in [1.807, 2.05) is 24.0 Å². The maximum atomic E-state index is 13.0. The second kappa shape index (κ2) is 6.99. The van der Waals surface area contributed by atoms with Gasteiger partial charge >= 0.3 is 0 Å². The van der Waals surface area contributed by atoms with E-state index in [-0.39, 0.29) is 5.91 Å². The first kappa shape index (κ1) is 16.9. The summed E-state index contributed by atoms with van der Waals surface area (Å²) >= 11 is 0. The maximum absolute atomic E-state index is 13.0. The zero-order chi connectivity index (χ0) is 18.1. The normalized spacial score (nSPS) is 17.5. The van der Waals surface area contributed by atoms with Crippen LogP contribution in [0.5, 0.6) is 5.75 Å². The number of fused-ring (bicyclic) bond motifs is 1. The van der Waals surface area contributed by atoms with Crippen LogP contribution in [0.2, 0.25) is 0 Å². The van der Waals surface area contributed by atoms with Gasteiger partial charge in [-0.3, -0.25) is 9.48 Å². The third-order valence-corrected chi connectivity index (χ3v) is 4.91. The molecule has 2 aromatic rings. The van der Waals surface area contributed by atoms with Crippen molar-refractivity contribution >= 4 is 11.6 Å². The number of anilines is 1. The number of carbonyl (C=O) groups is 1. The molecule has 0 N–H and O–H groups in total. The molecule has 0 spiro atoms. The zero-order valence-corrected chi connectivity index (χ0v) is 15.3. The van der Waals surface area contributed by atoms with Crippen LogP contribution in [0.15, 0.2) is 24.3 Å². The number of nitrogens with zero attached hydrogens (tertiary/aromatic N) is 4. The van der Waals surface area contributed by atoms with Gasteiger partial charge in [0.25, 0.3) is 5.91 Å². The van der Waals surface area contributed by atoms with Crippen LogP contribution in [0.4, 0.5) is 5.69 Å². The molecular weight excluding hydrogens is 332 g/mol. The van der Waals surface area contributed by atoms with E-state index < -0.39 is 0 Å².